The maximum Gasteiger partial charge on any atom is 0.312 e. The Morgan fingerprint density at radius 2 is 1.92 bits per heavy atom. The fourth-order valence-corrected chi connectivity index (χ4v) is 3.21. The van der Waals surface area contributed by atoms with E-state index < -0.39 is 5.41 Å². The van der Waals surface area contributed by atoms with Crippen LogP contribution in [0.2, 0.25) is 0 Å². The van der Waals surface area contributed by atoms with Crippen molar-refractivity contribution in [3.8, 4) is 11.1 Å². The smallest absolute Gasteiger partial charge is 0.312 e. The first-order valence-electron chi connectivity index (χ1n) is 8.00. The van der Waals surface area contributed by atoms with E-state index in [0.29, 0.717) is 38.0 Å². The van der Waals surface area contributed by atoms with Gasteiger partial charge in [-0.3, -0.25) is 9.78 Å². The van der Waals surface area contributed by atoms with Crippen LogP contribution in [0.4, 0.5) is 4.39 Å². The van der Waals surface area contributed by atoms with Crippen molar-refractivity contribution in [3.63, 3.8) is 0 Å². The minimum absolute atomic E-state index is 0.289. The van der Waals surface area contributed by atoms with E-state index in [4.69, 9.17) is 9.47 Å². The van der Waals surface area contributed by atoms with Gasteiger partial charge in [-0.25, -0.2) is 4.39 Å². The normalized spacial score (nSPS) is 16.6. The Labute approximate surface area is 140 Å². The first kappa shape index (κ1) is 16.6. The number of aromatic nitrogens is 1. The first-order chi connectivity index (χ1) is 11.6. The monoisotopic (exact) mass is 329 g/mol. The second-order valence-corrected chi connectivity index (χ2v) is 6.10. The van der Waals surface area contributed by atoms with Crippen molar-refractivity contribution in [3.05, 3.63) is 54.1 Å². The molecule has 0 radical (unpaired) electrons. The van der Waals surface area contributed by atoms with Crippen LogP contribution < -0.4 is 0 Å². The third-order valence-electron chi connectivity index (χ3n) is 4.66. The van der Waals surface area contributed by atoms with E-state index in [1.807, 2.05) is 18.2 Å². The van der Waals surface area contributed by atoms with Gasteiger partial charge in [0.25, 0.3) is 0 Å². The lowest BCUT2D eigenvalue weighted by molar-refractivity contribution is -0.158. The molecule has 1 aliphatic heterocycles. The van der Waals surface area contributed by atoms with Crippen molar-refractivity contribution in [1.82, 2.24) is 4.98 Å². The average Bonchev–Trinajstić information content (AvgIpc) is 2.64. The van der Waals surface area contributed by atoms with Gasteiger partial charge in [-0.05, 0) is 54.2 Å². The van der Waals surface area contributed by atoms with Crippen LogP contribution in [0.3, 0.4) is 0 Å². The fraction of sp³-hybridized carbons (Fsp3) is 0.368. The van der Waals surface area contributed by atoms with Crippen molar-refractivity contribution >= 4 is 5.97 Å². The molecule has 1 saturated heterocycles. The van der Waals surface area contributed by atoms with Crippen LogP contribution in [-0.4, -0.2) is 31.3 Å². The largest absolute Gasteiger partial charge is 0.469 e. The molecule has 4 nitrogen and oxygen atoms in total. The number of halogens is 1. The topological polar surface area (TPSA) is 48.4 Å². The van der Waals surface area contributed by atoms with Gasteiger partial charge in [0.15, 0.2) is 0 Å². The Hall–Kier alpha value is -2.27. The van der Waals surface area contributed by atoms with Crippen LogP contribution in [-0.2, 0) is 20.7 Å². The number of nitrogens with zero attached hydrogens (tertiary/aromatic N) is 1. The molecular formula is C19H20FNO3. The number of esters is 1. The molecule has 3 rings (SSSR count). The Bertz CT molecular complexity index is 712. The molecule has 1 aromatic heterocycles. The molecule has 2 heterocycles. The van der Waals surface area contributed by atoms with Gasteiger partial charge in [0, 0.05) is 25.6 Å². The van der Waals surface area contributed by atoms with Gasteiger partial charge in [0.1, 0.15) is 5.82 Å². The zero-order valence-corrected chi connectivity index (χ0v) is 13.6. The summed E-state index contributed by atoms with van der Waals surface area (Å²) in [5, 5.41) is 0. The first-order valence-corrected chi connectivity index (χ1v) is 8.00. The number of pyridine rings is 1. The van der Waals surface area contributed by atoms with Gasteiger partial charge in [-0.15, -0.1) is 0 Å². The summed E-state index contributed by atoms with van der Waals surface area (Å²) in [6.45, 7) is 0.984. The molecule has 1 aliphatic rings. The molecule has 0 unspecified atom stereocenters. The van der Waals surface area contributed by atoms with Gasteiger partial charge in [0.05, 0.1) is 12.5 Å². The van der Waals surface area contributed by atoms with Gasteiger partial charge < -0.3 is 9.47 Å². The fourth-order valence-electron chi connectivity index (χ4n) is 3.21. The highest BCUT2D eigenvalue weighted by molar-refractivity contribution is 5.77. The quantitative estimate of drug-likeness (QED) is 0.807. The Morgan fingerprint density at radius 3 is 2.54 bits per heavy atom. The molecule has 2 aromatic rings. The number of carbonyl (C=O) groups is 1. The predicted molar refractivity (Wildman–Crippen MR) is 87.8 cm³/mol. The van der Waals surface area contributed by atoms with Crippen LogP contribution in [0.1, 0.15) is 18.4 Å². The number of methoxy groups -OCH3 is 1. The molecule has 0 spiro atoms. The Balaban J connectivity index is 1.88. The maximum atomic E-state index is 14.6. The predicted octanol–water partition coefficient (Wildman–Crippen LogP) is 3.40. The molecule has 0 amide bonds. The zero-order valence-electron chi connectivity index (χ0n) is 13.6. The standard InChI is InChI=1S/C19H20FNO3/c1-23-18(22)19(6-10-24-11-7-19)13-16-3-2-15(12-17(16)20)14-4-8-21-9-5-14/h2-5,8-9,12H,6-7,10-11,13H2,1H3. The molecule has 0 bridgehead atoms. The second kappa shape index (κ2) is 7.09. The van der Waals surface area contributed by atoms with Crippen molar-refractivity contribution in [2.24, 2.45) is 5.41 Å². The molecule has 0 N–H and O–H groups in total. The highest BCUT2D eigenvalue weighted by Gasteiger charge is 2.41. The van der Waals surface area contributed by atoms with Crippen molar-refractivity contribution < 1.29 is 18.7 Å². The molecular weight excluding hydrogens is 309 g/mol. The molecule has 1 aromatic carbocycles. The van der Waals surface area contributed by atoms with Crippen molar-refractivity contribution in [1.29, 1.82) is 0 Å². The summed E-state index contributed by atoms with van der Waals surface area (Å²) < 4.78 is 25.0. The lowest BCUT2D eigenvalue weighted by atomic mass is 9.75. The molecule has 24 heavy (non-hydrogen) atoms. The minimum atomic E-state index is -0.702. The summed E-state index contributed by atoms with van der Waals surface area (Å²) in [6, 6.07) is 8.81. The van der Waals surface area contributed by atoms with Gasteiger partial charge in [0.2, 0.25) is 0 Å². The van der Waals surface area contributed by atoms with E-state index in [-0.39, 0.29) is 11.8 Å². The number of carbonyl (C=O) groups excluding carboxylic acids is 1. The molecule has 126 valence electrons. The summed E-state index contributed by atoms with van der Waals surface area (Å²) in [6.07, 6.45) is 4.77. The van der Waals surface area contributed by atoms with Crippen LogP contribution in [0.15, 0.2) is 42.7 Å². The number of benzene rings is 1. The Kier molecular flexibility index (Phi) is 4.90. The van der Waals surface area contributed by atoms with Crippen LogP contribution in [0, 0.1) is 11.2 Å². The third-order valence-corrected chi connectivity index (χ3v) is 4.66. The number of ether oxygens (including phenoxy) is 2. The molecule has 1 fully saturated rings. The summed E-state index contributed by atoms with van der Waals surface area (Å²) in [4.78, 5) is 16.3. The third kappa shape index (κ3) is 3.31. The summed E-state index contributed by atoms with van der Waals surface area (Å²) >= 11 is 0. The Morgan fingerprint density at radius 1 is 1.21 bits per heavy atom. The highest BCUT2D eigenvalue weighted by Crippen LogP contribution is 2.37. The van der Waals surface area contributed by atoms with Gasteiger partial charge >= 0.3 is 5.97 Å². The van der Waals surface area contributed by atoms with E-state index in [0.717, 1.165) is 11.1 Å². The lowest BCUT2D eigenvalue weighted by Crippen LogP contribution is -2.40. The lowest BCUT2D eigenvalue weighted by Gasteiger charge is -2.34. The highest BCUT2D eigenvalue weighted by atomic mass is 19.1. The van der Waals surface area contributed by atoms with E-state index >= 15 is 0 Å². The summed E-state index contributed by atoms with van der Waals surface area (Å²) in [5.74, 6) is -0.595. The molecule has 0 aliphatic carbocycles. The van der Waals surface area contributed by atoms with Crippen LogP contribution in [0.25, 0.3) is 11.1 Å². The van der Waals surface area contributed by atoms with Crippen molar-refractivity contribution in [2.45, 2.75) is 19.3 Å². The molecule has 0 atom stereocenters. The van der Waals surface area contributed by atoms with Gasteiger partial charge in [-0.1, -0.05) is 12.1 Å². The zero-order chi connectivity index (χ0) is 17.0. The summed E-state index contributed by atoms with van der Waals surface area (Å²) in [5.41, 5.74) is 1.52. The average molecular weight is 329 g/mol. The van der Waals surface area contributed by atoms with E-state index in [1.165, 1.54) is 13.2 Å². The van der Waals surface area contributed by atoms with E-state index in [9.17, 15) is 9.18 Å². The minimum Gasteiger partial charge on any atom is -0.469 e. The second-order valence-electron chi connectivity index (χ2n) is 6.10. The van der Waals surface area contributed by atoms with Crippen LogP contribution in [0.5, 0.6) is 0 Å². The van der Waals surface area contributed by atoms with Gasteiger partial charge in [-0.2, -0.15) is 0 Å². The van der Waals surface area contributed by atoms with E-state index in [2.05, 4.69) is 4.98 Å². The molecule has 5 heteroatoms. The number of hydrogen-bond donors (Lipinski definition) is 0. The number of rotatable bonds is 4. The van der Waals surface area contributed by atoms with E-state index in [1.54, 1.807) is 18.5 Å². The van der Waals surface area contributed by atoms with Crippen molar-refractivity contribution in [2.75, 3.05) is 20.3 Å². The summed E-state index contributed by atoms with van der Waals surface area (Å²) in [7, 11) is 1.38. The molecule has 0 saturated carbocycles. The number of hydrogen-bond acceptors (Lipinski definition) is 4. The maximum absolute atomic E-state index is 14.6. The SMILES string of the molecule is COC(=O)C1(Cc2ccc(-c3ccncc3)cc2F)CCOCC1. The van der Waals surface area contributed by atoms with Crippen LogP contribution >= 0.6 is 0 Å².